The normalized spacial score (nSPS) is 12.1. The quantitative estimate of drug-likeness (QED) is 0.144. The fourth-order valence-corrected chi connectivity index (χ4v) is 6.42. The second-order valence-electron chi connectivity index (χ2n) is 11.1. The number of aromatic nitrogens is 1. The van der Waals surface area contributed by atoms with Crippen LogP contribution in [0.5, 0.6) is 0 Å². The van der Waals surface area contributed by atoms with Crippen LogP contribution in [0.15, 0.2) is 178 Å². The van der Waals surface area contributed by atoms with Crippen molar-refractivity contribution >= 4 is 50.9 Å². The lowest BCUT2D eigenvalue weighted by Gasteiger charge is -2.09. The summed E-state index contributed by atoms with van der Waals surface area (Å²) in [6.45, 7) is 6.29. The van der Waals surface area contributed by atoms with Crippen molar-refractivity contribution in [3.05, 3.63) is 180 Å². The van der Waals surface area contributed by atoms with Gasteiger partial charge in [-0.3, -0.25) is 0 Å². The van der Waals surface area contributed by atoms with Gasteiger partial charge in [-0.05, 0) is 61.0 Å². The van der Waals surface area contributed by atoms with Crippen molar-refractivity contribution in [2.24, 2.45) is 15.7 Å². The highest BCUT2D eigenvalue weighted by molar-refractivity contribution is 7.99. The van der Waals surface area contributed by atoms with E-state index in [1.165, 1.54) is 32.3 Å². The average Bonchev–Trinajstić information content (AvgIpc) is 3.43. The highest BCUT2D eigenvalue weighted by Gasteiger charge is 2.13. The van der Waals surface area contributed by atoms with E-state index in [1.807, 2.05) is 72.8 Å². The van der Waals surface area contributed by atoms with E-state index in [9.17, 15) is 0 Å². The molecule has 1 heterocycles. The zero-order chi connectivity index (χ0) is 31.5. The molecule has 1 aromatic heterocycles. The third-order valence-corrected chi connectivity index (χ3v) is 8.93. The van der Waals surface area contributed by atoms with E-state index < -0.39 is 0 Å². The maximum atomic E-state index is 6.55. The summed E-state index contributed by atoms with van der Waals surface area (Å²) in [6, 6.07) is 52.0. The SMILES string of the molecule is C=C(/N=C(\N=C(/N)c1ccc(Sc2ccc3c(c2)c2ccccc2n3-c2ccc(C)cc2)cc1)c1ccccc1)c1ccccc1. The van der Waals surface area contributed by atoms with Crippen LogP contribution in [-0.2, 0) is 0 Å². The molecule has 0 aliphatic carbocycles. The van der Waals surface area contributed by atoms with Crippen LogP contribution in [-0.4, -0.2) is 16.2 Å². The summed E-state index contributed by atoms with van der Waals surface area (Å²) < 4.78 is 2.34. The van der Waals surface area contributed by atoms with Crippen LogP contribution < -0.4 is 5.73 Å². The predicted molar refractivity (Wildman–Crippen MR) is 195 cm³/mol. The van der Waals surface area contributed by atoms with Crippen molar-refractivity contribution in [1.29, 1.82) is 0 Å². The molecule has 5 heteroatoms. The molecule has 2 N–H and O–H groups in total. The molecule has 0 aliphatic rings. The van der Waals surface area contributed by atoms with Crippen LogP contribution in [0.3, 0.4) is 0 Å². The number of aryl methyl sites for hydroxylation is 1. The van der Waals surface area contributed by atoms with Crippen molar-refractivity contribution in [3.8, 4) is 5.69 Å². The van der Waals surface area contributed by atoms with Crippen molar-refractivity contribution in [2.75, 3.05) is 0 Å². The van der Waals surface area contributed by atoms with E-state index in [0.29, 0.717) is 17.4 Å². The topological polar surface area (TPSA) is 55.7 Å². The molecule has 0 amide bonds. The molecule has 6 aromatic carbocycles. The van der Waals surface area contributed by atoms with E-state index in [0.717, 1.165) is 27.3 Å². The van der Waals surface area contributed by atoms with Gasteiger partial charge in [0.05, 0.1) is 16.7 Å². The first-order valence-electron chi connectivity index (χ1n) is 15.1. The minimum Gasteiger partial charge on any atom is -0.383 e. The van der Waals surface area contributed by atoms with Gasteiger partial charge >= 0.3 is 0 Å². The van der Waals surface area contributed by atoms with Gasteiger partial charge in [-0.1, -0.05) is 127 Å². The number of fused-ring (bicyclic) bond motifs is 3. The lowest BCUT2D eigenvalue weighted by atomic mass is 10.1. The van der Waals surface area contributed by atoms with Crippen LogP contribution in [0.4, 0.5) is 0 Å². The van der Waals surface area contributed by atoms with Gasteiger partial charge in [-0.25, -0.2) is 9.98 Å². The Morgan fingerprint density at radius 3 is 1.91 bits per heavy atom. The van der Waals surface area contributed by atoms with Crippen molar-refractivity contribution in [1.82, 2.24) is 4.57 Å². The molecule has 7 aromatic rings. The molecule has 0 aliphatic heterocycles. The molecule has 7 rings (SSSR count). The molecule has 0 atom stereocenters. The number of hydrogen-bond acceptors (Lipinski definition) is 2. The van der Waals surface area contributed by atoms with Gasteiger partial charge in [0, 0.05) is 37.4 Å². The van der Waals surface area contributed by atoms with Crippen LogP contribution in [0.25, 0.3) is 33.2 Å². The highest BCUT2D eigenvalue weighted by Crippen LogP contribution is 2.36. The number of para-hydroxylation sites is 1. The number of hydrogen-bond donors (Lipinski definition) is 1. The van der Waals surface area contributed by atoms with Crippen LogP contribution in [0, 0.1) is 6.92 Å². The fraction of sp³-hybridized carbons (Fsp3) is 0.0244. The summed E-state index contributed by atoms with van der Waals surface area (Å²) in [5, 5.41) is 2.48. The monoisotopic (exact) mass is 612 g/mol. The second-order valence-corrected chi connectivity index (χ2v) is 12.3. The molecule has 0 fully saturated rings. The van der Waals surface area contributed by atoms with Crippen molar-refractivity contribution < 1.29 is 0 Å². The zero-order valence-electron chi connectivity index (χ0n) is 25.5. The number of rotatable bonds is 7. The zero-order valence-corrected chi connectivity index (χ0v) is 26.3. The molecule has 0 saturated heterocycles. The van der Waals surface area contributed by atoms with Gasteiger partial charge in [0.15, 0.2) is 5.84 Å². The Kier molecular flexibility index (Phi) is 8.07. The standard InChI is InChI=1S/C41H32N4S/c1-28-17-21-33(22-18-28)45-38-16-10-9-15-36(38)37-27-35(25-26-39(37)45)46-34-23-19-31(20-24-34)40(42)44-41(32-13-7-4-8-14-32)43-29(2)30-11-5-3-6-12-30/h3-27H,2H2,1H3,(H2,42,43,44). The Bertz CT molecular complexity index is 2230. The van der Waals surface area contributed by atoms with Gasteiger partial charge < -0.3 is 10.3 Å². The molecular weight excluding hydrogens is 581 g/mol. The number of aliphatic imine (C=N–C) groups is 2. The van der Waals surface area contributed by atoms with E-state index in [-0.39, 0.29) is 0 Å². The summed E-state index contributed by atoms with van der Waals surface area (Å²) in [4.78, 5) is 11.8. The molecule has 0 bridgehead atoms. The van der Waals surface area contributed by atoms with Crippen LogP contribution >= 0.6 is 11.8 Å². The molecular formula is C41H32N4S. The summed E-state index contributed by atoms with van der Waals surface area (Å²) in [7, 11) is 0. The van der Waals surface area contributed by atoms with Gasteiger partial charge in [0.2, 0.25) is 0 Å². The Balaban J connectivity index is 1.17. The van der Waals surface area contributed by atoms with Crippen LogP contribution in [0.2, 0.25) is 0 Å². The Labute approximate surface area is 273 Å². The largest absolute Gasteiger partial charge is 0.383 e. The minimum absolute atomic E-state index is 0.394. The fourth-order valence-electron chi connectivity index (χ4n) is 5.56. The lowest BCUT2D eigenvalue weighted by Crippen LogP contribution is -2.16. The van der Waals surface area contributed by atoms with Crippen molar-refractivity contribution in [3.63, 3.8) is 0 Å². The highest BCUT2D eigenvalue weighted by atomic mass is 32.2. The van der Waals surface area contributed by atoms with Gasteiger partial charge in [0.25, 0.3) is 0 Å². The molecule has 0 unspecified atom stereocenters. The molecule has 46 heavy (non-hydrogen) atoms. The number of benzene rings is 6. The van der Waals surface area contributed by atoms with E-state index in [2.05, 4.69) is 96.9 Å². The number of amidine groups is 2. The summed E-state index contributed by atoms with van der Waals surface area (Å²) in [5.41, 5.74) is 14.6. The Hall–Kier alpha value is -5.65. The maximum Gasteiger partial charge on any atom is 0.162 e. The van der Waals surface area contributed by atoms with Gasteiger partial charge in [0.1, 0.15) is 5.84 Å². The smallest absolute Gasteiger partial charge is 0.162 e. The summed E-state index contributed by atoms with van der Waals surface area (Å²) >= 11 is 1.73. The second kappa shape index (κ2) is 12.8. The molecule has 0 spiro atoms. The number of nitrogens with two attached hydrogens (primary N) is 1. The van der Waals surface area contributed by atoms with Gasteiger partial charge in [-0.2, -0.15) is 0 Å². The van der Waals surface area contributed by atoms with E-state index >= 15 is 0 Å². The summed E-state index contributed by atoms with van der Waals surface area (Å²) in [5.74, 6) is 0.911. The molecule has 0 radical (unpaired) electrons. The third-order valence-electron chi connectivity index (χ3n) is 7.93. The molecule has 222 valence electrons. The first-order valence-corrected chi connectivity index (χ1v) is 16.0. The first kappa shape index (κ1) is 29.1. The third kappa shape index (κ3) is 6.01. The van der Waals surface area contributed by atoms with Crippen LogP contribution in [0.1, 0.15) is 22.3 Å². The Morgan fingerprint density at radius 2 is 1.20 bits per heavy atom. The lowest BCUT2D eigenvalue weighted by molar-refractivity contribution is 1.17. The molecule has 0 saturated carbocycles. The van der Waals surface area contributed by atoms with E-state index in [4.69, 9.17) is 15.7 Å². The summed E-state index contributed by atoms with van der Waals surface area (Å²) in [6.07, 6.45) is 0. The molecule has 4 nitrogen and oxygen atoms in total. The van der Waals surface area contributed by atoms with E-state index in [1.54, 1.807) is 11.8 Å². The first-order chi connectivity index (χ1) is 22.5. The van der Waals surface area contributed by atoms with Crippen molar-refractivity contribution in [2.45, 2.75) is 16.7 Å². The minimum atomic E-state index is 0.394. The maximum absolute atomic E-state index is 6.55. The average molecular weight is 613 g/mol. The Morgan fingerprint density at radius 1 is 0.587 bits per heavy atom. The predicted octanol–water partition coefficient (Wildman–Crippen LogP) is 10.1. The van der Waals surface area contributed by atoms with Gasteiger partial charge in [-0.15, -0.1) is 0 Å². The number of nitrogens with zero attached hydrogens (tertiary/aromatic N) is 3.